The summed E-state index contributed by atoms with van der Waals surface area (Å²) in [6, 6.07) is 0. The molecule has 0 rings (SSSR count). The highest BCUT2D eigenvalue weighted by Crippen LogP contribution is 1.92. The summed E-state index contributed by atoms with van der Waals surface area (Å²) >= 11 is 8.00. The van der Waals surface area contributed by atoms with E-state index < -0.39 is 0 Å². The number of unbranched alkanes of at least 4 members (excludes halogenated alkanes) is 1. The maximum Gasteiger partial charge on any atom is 0.170 e. The first-order valence-corrected chi connectivity index (χ1v) is 4.55. The lowest BCUT2D eigenvalue weighted by molar-refractivity contribution is 0.303. The van der Waals surface area contributed by atoms with Crippen molar-refractivity contribution in [2.75, 3.05) is 11.9 Å². The van der Waals surface area contributed by atoms with E-state index >= 15 is 0 Å². The fourth-order valence-electron chi connectivity index (χ4n) is 0.369. The molecule has 0 heterocycles. The van der Waals surface area contributed by atoms with Crippen molar-refractivity contribution in [2.24, 2.45) is 0 Å². The van der Waals surface area contributed by atoms with Gasteiger partial charge in [0.15, 0.2) is 5.05 Å². The van der Waals surface area contributed by atoms with E-state index in [1.165, 1.54) is 0 Å². The Morgan fingerprint density at radius 2 is 2.33 bits per heavy atom. The standard InChI is InChI=1S/C6H11BrOS/c1-2-3-4-8-6(9)5-7/h2-5H2,1H3. The fraction of sp³-hybridized carbons (Fsp3) is 0.833. The summed E-state index contributed by atoms with van der Waals surface area (Å²) in [7, 11) is 0. The summed E-state index contributed by atoms with van der Waals surface area (Å²) in [5.41, 5.74) is 0. The normalized spacial score (nSPS) is 9.11. The molecule has 0 radical (unpaired) electrons. The third-order valence-electron chi connectivity index (χ3n) is 0.870. The van der Waals surface area contributed by atoms with Gasteiger partial charge in [0.05, 0.1) is 11.9 Å². The largest absolute Gasteiger partial charge is 0.486 e. The summed E-state index contributed by atoms with van der Waals surface area (Å²) in [6.45, 7) is 2.89. The van der Waals surface area contributed by atoms with Crippen LogP contribution in [0, 0.1) is 0 Å². The number of ether oxygens (including phenoxy) is 1. The highest BCUT2D eigenvalue weighted by molar-refractivity contribution is 9.09. The Bertz CT molecular complexity index is 85.1. The first-order chi connectivity index (χ1) is 4.31. The molecule has 0 spiro atoms. The average molecular weight is 211 g/mol. The minimum Gasteiger partial charge on any atom is -0.486 e. The highest BCUT2D eigenvalue weighted by Gasteiger charge is 1.91. The molecule has 0 aliphatic heterocycles. The number of hydrogen-bond donors (Lipinski definition) is 0. The van der Waals surface area contributed by atoms with Gasteiger partial charge in [-0.05, 0) is 18.6 Å². The lowest BCUT2D eigenvalue weighted by Gasteiger charge is -2.01. The van der Waals surface area contributed by atoms with Gasteiger partial charge in [0.25, 0.3) is 0 Å². The van der Waals surface area contributed by atoms with Crippen molar-refractivity contribution >= 4 is 33.2 Å². The molecule has 0 aliphatic rings. The van der Waals surface area contributed by atoms with Gasteiger partial charge >= 0.3 is 0 Å². The summed E-state index contributed by atoms with van der Waals surface area (Å²) in [5.74, 6) is 0. The van der Waals surface area contributed by atoms with Gasteiger partial charge in [0.1, 0.15) is 0 Å². The highest BCUT2D eigenvalue weighted by atomic mass is 79.9. The van der Waals surface area contributed by atoms with Crippen LogP contribution >= 0.6 is 28.1 Å². The van der Waals surface area contributed by atoms with Crippen LogP contribution in [0.25, 0.3) is 0 Å². The van der Waals surface area contributed by atoms with Crippen LogP contribution in [0.5, 0.6) is 0 Å². The maximum atomic E-state index is 5.12. The van der Waals surface area contributed by atoms with Crippen LogP contribution in [0.2, 0.25) is 0 Å². The van der Waals surface area contributed by atoms with Crippen LogP contribution in [0.15, 0.2) is 0 Å². The number of hydrogen-bond acceptors (Lipinski definition) is 2. The molecule has 0 aromatic rings. The van der Waals surface area contributed by atoms with Gasteiger partial charge in [-0.25, -0.2) is 0 Å². The third kappa shape index (κ3) is 6.25. The monoisotopic (exact) mass is 210 g/mol. The van der Waals surface area contributed by atoms with E-state index in [-0.39, 0.29) is 0 Å². The summed E-state index contributed by atoms with van der Waals surface area (Å²) in [4.78, 5) is 0. The van der Waals surface area contributed by atoms with E-state index in [1.807, 2.05) is 0 Å². The van der Waals surface area contributed by atoms with Crippen molar-refractivity contribution in [3.8, 4) is 0 Å². The Labute approximate surface area is 69.9 Å². The maximum absolute atomic E-state index is 5.12. The molecule has 0 unspecified atom stereocenters. The topological polar surface area (TPSA) is 9.23 Å². The van der Waals surface area contributed by atoms with Crippen LogP contribution in [0.4, 0.5) is 0 Å². The van der Waals surface area contributed by atoms with Crippen LogP contribution < -0.4 is 0 Å². The molecule has 0 aromatic carbocycles. The van der Waals surface area contributed by atoms with E-state index in [9.17, 15) is 0 Å². The van der Waals surface area contributed by atoms with E-state index in [0.717, 1.165) is 19.4 Å². The predicted octanol–water partition coefficient (Wildman–Crippen LogP) is 2.53. The van der Waals surface area contributed by atoms with E-state index in [0.29, 0.717) is 10.4 Å². The van der Waals surface area contributed by atoms with Crippen LogP contribution in [0.1, 0.15) is 19.8 Å². The second kappa shape index (κ2) is 6.49. The zero-order valence-corrected chi connectivity index (χ0v) is 7.93. The third-order valence-corrected chi connectivity index (χ3v) is 2.01. The van der Waals surface area contributed by atoms with Crippen molar-refractivity contribution < 1.29 is 4.74 Å². The van der Waals surface area contributed by atoms with Gasteiger partial charge < -0.3 is 4.74 Å². The number of alkyl halides is 1. The second-order valence-corrected chi connectivity index (χ2v) is 2.72. The molecule has 0 amide bonds. The Morgan fingerprint density at radius 3 is 2.78 bits per heavy atom. The first-order valence-electron chi connectivity index (χ1n) is 3.02. The van der Waals surface area contributed by atoms with E-state index in [4.69, 9.17) is 17.0 Å². The zero-order chi connectivity index (χ0) is 7.11. The molecule has 9 heavy (non-hydrogen) atoms. The first kappa shape index (κ1) is 9.37. The van der Waals surface area contributed by atoms with Gasteiger partial charge in [-0.15, -0.1) is 0 Å². The summed E-state index contributed by atoms with van der Waals surface area (Å²) in [6.07, 6.45) is 2.25. The van der Waals surface area contributed by atoms with Gasteiger partial charge in [-0.3, -0.25) is 0 Å². The fourth-order valence-corrected chi connectivity index (χ4v) is 0.614. The molecule has 1 nitrogen and oxygen atoms in total. The minimum atomic E-state index is 0.656. The quantitative estimate of drug-likeness (QED) is 0.401. The Balaban J connectivity index is 2.97. The van der Waals surface area contributed by atoms with Crippen molar-refractivity contribution in [1.82, 2.24) is 0 Å². The summed E-state index contributed by atoms with van der Waals surface area (Å²) in [5, 5.41) is 1.33. The van der Waals surface area contributed by atoms with Crippen molar-refractivity contribution in [1.29, 1.82) is 0 Å². The SMILES string of the molecule is CCCCOC(=S)CBr. The molecule has 0 N–H and O–H groups in total. The number of halogens is 1. The Hall–Kier alpha value is 0.370. The van der Waals surface area contributed by atoms with Crippen molar-refractivity contribution in [3.05, 3.63) is 0 Å². The molecular weight excluding hydrogens is 200 g/mol. The number of thiocarbonyl (C=S) groups is 1. The smallest absolute Gasteiger partial charge is 0.170 e. The van der Waals surface area contributed by atoms with Crippen LogP contribution in [0.3, 0.4) is 0 Å². The minimum absolute atomic E-state index is 0.656. The van der Waals surface area contributed by atoms with Crippen LogP contribution in [-0.2, 0) is 4.74 Å². The molecule has 0 atom stereocenters. The summed E-state index contributed by atoms with van der Waals surface area (Å²) < 4.78 is 5.12. The Kier molecular flexibility index (Phi) is 6.76. The lowest BCUT2D eigenvalue weighted by Crippen LogP contribution is -2.03. The van der Waals surface area contributed by atoms with Gasteiger partial charge in [0, 0.05) is 0 Å². The molecule has 0 bridgehead atoms. The Morgan fingerprint density at radius 1 is 1.67 bits per heavy atom. The molecule has 0 aromatic heterocycles. The molecule has 54 valence electrons. The molecule has 0 saturated carbocycles. The van der Waals surface area contributed by atoms with Crippen molar-refractivity contribution in [3.63, 3.8) is 0 Å². The molecule has 3 heteroatoms. The van der Waals surface area contributed by atoms with E-state index in [1.54, 1.807) is 0 Å². The average Bonchev–Trinajstić information content (AvgIpc) is 1.89. The van der Waals surface area contributed by atoms with Gasteiger partial charge in [-0.1, -0.05) is 29.3 Å². The number of rotatable bonds is 4. The zero-order valence-electron chi connectivity index (χ0n) is 5.52. The molecule has 0 fully saturated rings. The molecule has 0 saturated heterocycles. The van der Waals surface area contributed by atoms with Gasteiger partial charge in [0.2, 0.25) is 0 Å². The lowest BCUT2D eigenvalue weighted by atomic mass is 10.4. The predicted molar refractivity (Wildman–Crippen MR) is 47.3 cm³/mol. The van der Waals surface area contributed by atoms with Crippen molar-refractivity contribution in [2.45, 2.75) is 19.8 Å². The molecular formula is C6H11BrOS. The van der Waals surface area contributed by atoms with E-state index in [2.05, 4.69) is 22.9 Å². The van der Waals surface area contributed by atoms with Crippen LogP contribution in [-0.4, -0.2) is 17.0 Å². The van der Waals surface area contributed by atoms with Gasteiger partial charge in [-0.2, -0.15) is 0 Å². The second-order valence-electron chi connectivity index (χ2n) is 1.71. The molecule has 0 aliphatic carbocycles.